The van der Waals surface area contributed by atoms with E-state index in [9.17, 15) is 9.59 Å². The Morgan fingerprint density at radius 3 is 2.67 bits per heavy atom. The van der Waals surface area contributed by atoms with Crippen molar-refractivity contribution in [1.29, 1.82) is 0 Å². The van der Waals surface area contributed by atoms with Crippen LogP contribution in [-0.2, 0) is 9.59 Å². The van der Waals surface area contributed by atoms with Gasteiger partial charge in [-0.2, -0.15) is 0 Å². The van der Waals surface area contributed by atoms with Gasteiger partial charge in [-0.15, -0.1) is 6.42 Å². The predicted molar refractivity (Wildman–Crippen MR) is 54.1 cm³/mol. The highest BCUT2D eigenvalue weighted by atomic mass is 16.4. The summed E-state index contributed by atoms with van der Waals surface area (Å²) < 4.78 is 0. The van der Waals surface area contributed by atoms with E-state index in [1.807, 2.05) is 0 Å². The Labute approximate surface area is 88.4 Å². The van der Waals surface area contributed by atoms with E-state index in [1.54, 1.807) is 0 Å². The van der Waals surface area contributed by atoms with Gasteiger partial charge in [0, 0.05) is 6.04 Å². The zero-order valence-electron chi connectivity index (χ0n) is 8.40. The summed E-state index contributed by atoms with van der Waals surface area (Å²) in [5.41, 5.74) is 0. The number of aliphatic carboxylic acids is 1. The van der Waals surface area contributed by atoms with Crippen LogP contribution < -0.4 is 5.32 Å². The number of rotatable bonds is 6. The Balaban J connectivity index is 2.38. The lowest BCUT2D eigenvalue weighted by Crippen LogP contribution is -2.42. The number of carboxylic acid groups (broad SMARTS) is 1. The average molecular weight is 210 g/mol. The summed E-state index contributed by atoms with van der Waals surface area (Å²) in [6, 6.07) is 0.112. The molecule has 1 aliphatic rings. The molecule has 1 fully saturated rings. The van der Waals surface area contributed by atoms with Crippen molar-refractivity contribution in [2.45, 2.75) is 18.9 Å². The summed E-state index contributed by atoms with van der Waals surface area (Å²) in [5.74, 6) is 1.17. The number of terminal acetylenes is 1. The number of nitrogens with one attached hydrogen (secondary N) is 1. The fraction of sp³-hybridized carbons (Fsp3) is 0.600. The molecule has 0 aromatic rings. The number of hydrogen-bond donors (Lipinski definition) is 2. The van der Waals surface area contributed by atoms with Gasteiger partial charge in [-0.3, -0.25) is 14.9 Å². The second-order valence-corrected chi connectivity index (χ2v) is 3.45. The van der Waals surface area contributed by atoms with E-state index >= 15 is 0 Å². The van der Waals surface area contributed by atoms with Crippen molar-refractivity contribution in [2.75, 3.05) is 19.6 Å². The molecule has 1 amide bonds. The van der Waals surface area contributed by atoms with E-state index < -0.39 is 5.97 Å². The van der Waals surface area contributed by atoms with E-state index in [1.165, 1.54) is 4.90 Å². The van der Waals surface area contributed by atoms with Crippen molar-refractivity contribution in [2.24, 2.45) is 0 Å². The molecule has 0 radical (unpaired) electrons. The molecule has 0 spiro atoms. The number of nitrogens with zero attached hydrogens (tertiary/aromatic N) is 1. The van der Waals surface area contributed by atoms with Crippen molar-refractivity contribution in [3.8, 4) is 12.3 Å². The van der Waals surface area contributed by atoms with Gasteiger partial charge in [0.05, 0.1) is 13.1 Å². The number of carbonyl (C=O) groups excluding carboxylic acids is 1. The third kappa shape index (κ3) is 4.00. The molecule has 1 saturated carbocycles. The Morgan fingerprint density at radius 2 is 2.20 bits per heavy atom. The fourth-order valence-electron chi connectivity index (χ4n) is 1.30. The molecule has 5 nitrogen and oxygen atoms in total. The van der Waals surface area contributed by atoms with Gasteiger partial charge in [-0.25, -0.2) is 0 Å². The summed E-state index contributed by atoms with van der Waals surface area (Å²) in [7, 11) is 0. The van der Waals surface area contributed by atoms with E-state index in [2.05, 4.69) is 11.2 Å². The molecule has 0 aliphatic heterocycles. The fourth-order valence-corrected chi connectivity index (χ4v) is 1.30. The lowest BCUT2D eigenvalue weighted by atomic mass is 10.4. The maximum Gasteiger partial charge on any atom is 0.323 e. The highest BCUT2D eigenvalue weighted by Gasteiger charge is 2.33. The molecule has 0 bridgehead atoms. The molecule has 1 aliphatic carbocycles. The first-order valence-corrected chi connectivity index (χ1v) is 4.80. The van der Waals surface area contributed by atoms with Crippen molar-refractivity contribution in [3.63, 3.8) is 0 Å². The van der Waals surface area contributed by atoms with Gasteiger partial charge in [0.1, 0.15) is 6.54 Å². The minimum Gasteiger partial charge on any atom is -0.480 e. The first-order valence-electron chi connectivity index (χ1n) is 4.80. The quantitative estimate of drug-likeness (QED) is 0.448. The zero-order chi connectivity index (χ0) is 11.3. The van der Waals surface area contributed by atoms with E-state index in [0.717, 1.165) is 12.8 Å². The molecule has 0 heterocycles. The van der Waals surface area contributed by atoms with Gasteiger partial charge in [0.15, 0.2) is 0 Å². The highest BCUT2D eigenvalue weighted by Crippen LogP contribution is 2.26. The smallest absolute Gasteiger partial charge is 0.323 e. The molecule has 15 heavy (non-hydrogen) atoms. The van der Waals surface area contributed by atoms with Crippen LogP contribution >= 0.6 is 0 Å². The molecule has 0 saturated heterocycles. The van der Waals surface area contributed by atoms with E-state index in [0.29, 0.717) is 6.54 Å². The first-order chi connectivity index (χ1) is 7.15. The summed E-state index contributed by atoms with van der Waals surface area (Å²) in [6.45, 7) is 0.201. The lowest BCUT2D eigenvalue weighted by molar-refractivity contribution is -0.144. The summed E-state index contributed by atoms with van der Waals surface area (Å²) >= 11 is 0. The predicted octanol–water partition coefficient (Wildman–Crippen LogP) is -0.715. The largest absolute Gasteiger partial charge is 0.480 e. The van der Waals surface area contributed by atoms with Crippen LogP contribution in [0.3, 0.4) is 0 Å². The molecule has 1 rings (SSSR count). The van der Waals surface area contributed by atoms with Crippen LogP contribution in [0.1, 0.15) is 12.8 Å². The molecule has 0 aromatic heterocycles. The number of amides is 1. The van der Waals surface area contributed by atoms with Crippen molar-refractivity contribution in [1.82, 2.24) is 10.2 Å². The van der Waals surface area contributed by atoms with E-state index in [-0.39, 0.29) is 25.0 Å². The van der Waals surface area contributed by atoms with Crippen LogP contribution in [-0.4, -0.2) is 47.6 Å². The molecular weight excluding hydrogens is 196 g/mol. The minimum atomic E-state index is -0.979. The maximum absolute atomic E-state index is 11.6. The van der Waals surface area contributed by atoms with Crippen molar-refractivity contribution < 1.29 is 14.7 Å². The summed E-state index contributed by atoms with van der Waals surface area (Å²) in [5, 5.41) is 11.4. The van der Waals surface area contributed by atoms with Crippen LogP contribution in [0.25, 0.3) is 0 Å². The number of carbonyl (C=O) groups is 2. The van der Waals surface area contributed by atoms with E-state index in [4.69, 9.17) is 11.5 Å². The second kappa shape index (κ2) is 5.37. The van der Waals surface area contributed by atoms with Crippen molar-refractivity contribution >= 4 is 11.9 Å². The Kier molecular flexibility index (Phi) is 4.13. The molecule has 0 aromatic carbocycles. The number of hydrogen-bond acceptors (Lipinski definition) is 3. The maximum atomic E-state index is 11.6. The van der Waals surface area contributed by atoms with Gasteiger partial charge in [0.25, 0.3) is 0 Å². The number of carboxylic acids is 1. The Bertz CT molecular complexity index is 292. The third-order valence-electron chi connectivity index (χ3n) is 2.12. The topological polar surface area (TPSA) is 69.6 Å². The highest BCUT2D eigenvalue weighted by molar-refractivity contribution is 5.83. The SMILES string of the molecule is C#CCNCC(=O)N(CC(=O)O)C1CC1. The van der Waals surface area contributed by atoms with Crippen molar-refractivity contribution in [3.05, 3.63) is 0 Å². The van der Waals surface area contributed by atoms with Gasteiger partial charge < -0.3 is 10.0 Å². The average Bonchev–Trinajstić information content (AvgIpc) is 2.97. The molecule has 5 heteroatoms. The third-order valence-corrected chi connectivity index (χ3v) is 2.12. The molecule has 0 atom stereocenters. The summed E-state index contributed by atoms with van der Waals surface area (Å²) in [6.07, 6.45) is 6.81. The molecular formula is C10H14N2O3. The van der Waals surface area contributed by atoms with Crippen LogP contribution in [0.2, 0.25) is 0 Å². The second-order valence-electron chi connectivity index (χ2n) is 3.45. The Morgan fingerprint density at radius 1 is 1.53 bits per heavy atom. The molecule has 82 valence electrons. The monoisotopic (exact) mass is 210 g/mol. The van der Waals surface area contributed by atoms with Crippen LogP contribution in [0.4, 0.5) is 0 Å². The van der Waals surface area contributed by atoms with Gasteiger partial charge >= 0.3 is 5.97 Å². The lowest BCUT2D eigenvalue weighted by Gasteiger charge is -2.19. The minimum absolute atomic E-state index is 0.105. The standard InChI is InChI=1S/C10H14N2O3/c1-2-5-11-6-9(13)12(7-10(14)15)8-3-4-8/h1,8,11H,3-7H2,(H,14,15). The normalized spacial score (nSPS) is 14.3. The van der Waals surface area contributed by atoms with Crippen LogP contribution in [0.15, 0.2) is 0 Å². The summed E-state index contributed by atoms with van der Waals surface area (Å²) in [4.78, 5) is 23.5. The van der Waals surface area contributed by atoms with Crippen LogP contribution in [0.5, 0.6) is 0 Å². The van der Waals surface area contributed by atoms with Crippen LogP contribution in [0, 0.1) is 12.3 Å². The van der Waals surface area contributed by atoms with Gasteiger partial charge in [-0.05, 0) is 12.8 Å². The van der Waals surface area contributed by atoms with Gasteiger partial charge in [0.2, 0.25) is 5.91 Å². The Hall–Kier alpha value is -1.54. The first kappa shape index (κ1) is 11.5. The molecule has 0 unspecified atom stereocenters. The molecule has 2 N–H and O–H groups in total. The van der Waals surface area contributed by atoms with Gasteiger partial charge in [-0.1, -0.05) is 5.92 Å². The zero-order valence-corrected chi connectivity index (χ0v) is 8.40.